The Bertz CT molecular complexity index is 435. The van der Waals surface area contributed by atoms with Gasteiger partial charge in [0.05, 0.1) is 16.9 Å². The SMILES string of the molecule is Cc1c(Cl)cncc1NS(=O)(=O)CBr. The number of aromatic nitrogens is 1. The van der Waals surface area contributed by atoms with Gasteiger partial charge >= 0.3 is 0 Å². The molecule has 0 bridgehead atoms. The van der Waals surface area contributed by atoms with Crippen LogP contribution in [-0.2, 0) is 10.0 Å². The Labute approximate surface area is 95.9 Å². The highest BCUT2D eigenvalue weighted by atomic mass is 79.9. The number of halogens is 2. The zero-order valence-electron chi connectivity index (χ0n) is 7.29. The van der Waals surface area contributed by atoms with Crippen LogP contribution in [0.4, 0.5) is 5.69 Å². The molecule has 0 saturated heterocycles. The van der Waals surface area contributed by atoms with Gasteiger partial charge in [0.15, 0.2) is 0 Å². The largest absolute Gasteiger partial charge is 0.281 e. The van der Waals surface area contributed by atoms with Crippen molar-refractivity contribution < 1.29 is 8.42 Å². The lowest BCUT2D eigenvalue weighted by atomic mass is 10.3. The van der Waals surface area contributed by atoms with E-state index in [4.69, 9.17) is 11.6 Å². The molecule has 0 amide bonds. The Morgan fingerprint density at radius 3 is 2.79 bits per heavy atom. The predicted molar refractivity (Wildman–Crippen MR) is 60.3 cm³/mol. The van der Waals surface area contributed by atoms with Crippen molar-refractivity contribution in [1.82, 2.24) is 4.98 Å². The van der Waals surface area contributed by atoms with Crippen molar-refractivity contribution in [3.63, 3.8) is 0 Å². The minimum atomic E-state index is -3.34. The number of hydrogen-bond donors (Lipinski definition) is 1. The van der Waals surface area contributed by atoms with E-state index in [1.54, 1.807) is 6.92 Å². The zero-order chi connectivity index (χ0) is 10.8. The number of sulfonamides is 1. The molecule has 78 valence electrons. The van der Waals surface area contributed by atoms with Crippen LogP contribution >= 0.6 is 27.5 Å². The first-order chi connectivity index (χ1) is 6.46. The van der Waals surface area contributed by atoms with Gasteiger partial charge in [0.2, 0.25) is 10.0 Å². The summed E-state index contributed by atoms with van der Waals surface area (Å²) in [5.41, 5.74) is 1.06. The predicted octanol–water partition coefficient (Wildman–Crippen LogP) is 2.14. The molecule has 0 aliphatic carbocycles. The molecule has 0 aliphatic rings. The van der Waals surface area contributed by atoms with Crippen LogP contribution in [0, 0.1) is 6.92 Å². The maximum Gasteiger partial charge on any atom is 0.242 e. The summed E-state index contributed by atoms with van der Waals surface area (Å²) in [6, 6.07) is 0. The first-order valence-corrected chi connectivity index (χ1v) is 6.78. The minimum Gasteiger partial charge on any atom is -0.281 e. The third-order valence-corrected chi connectivity index (χ3v) is 4.57. The van der Waals surface area contributed by atoms with E-state index >= 15 is 0 Å². The Kier molecular flexibility index (Phi) is 3.74. The number of rotatable bonds is 3. The van der Waals surface area contributed by atoms with Crippen molar-refractivity contribution in [2.75, 3.05) is 9.38 Å². The monoisotopic (exact) mass is 298 g/mol. The molecule has 7 heteroatoms. The van der Waals surface area contributed by atoms with E-state index in [9.17, 15) is 8.42 Å². The van der Waals surface area contributed by atoms with Gasteiger partial charge in [0.25, 0.3) is 0 Å². The van der Waals surface area contributed by atoms with Crippen LogP contribution in [0.3, 0.4) is 0 Å². The van der Waals surface area contributed by atoms with E-state index in [2.05, 4.69) is 25.6 Å². The molecule has 0 aliphatic heterocycles. The van der Waals surface area contributed by atoms with Gasteiger partial charge in [0.1, 0.15) is 4.66 Å². The number of nitrogens with zero attached hydrogens (tertiary/aromatic N) is 1. The topological polar surface area (TPSA) is 59.1 Å². The van der Waals surface area contributed by atoms with Gasteiger partial charge in [-0.2, -0.15) is 0 Å². The van der Waals surface area contributed by atoms with Crippen molar-refractivity contribution in [2.24, 2.45) is 0 Å². The number of anilines is 1. The molecule has 0 unspecified atom stereocenters. The van der Waals surface area contributed by atoms with Crippen LogP contribution in [0.1, 0.15) is 5.56 Å². The molecule has 1 N–H and O–H groups in total. The fourth-order valence-electron chi connectivity index (χ4n) is 0.797. The van der Waals surface area contributed by atoms with Crippen molar-refractivity contribution in [3.8, 4) is 0 Å². The smallest absolute Gasteiger partial charge is 0.242 e. The number of pyridine rings is 1. The summed E-state index contributed by atoms with van der Waals surface area (Å²) in [6.45, 7) is 1.72. The third kappa shape index (κ3) is 2.83. The molecule has 0 atom stereocenters. The number of nitrogens with one attached hydrogen (secondary N) is 1. The van der Waals surface area contributed by atoms with Gasteiger partial charge in [-0.15, -0.1) is 0 Å². The van der Waals surface area contributed by atoms with Crippen molar-refractivity contribution in [1.29, 1.82) is 0 Å². The maximum atomic E-state index is 11.2. The molecule has 0 fully saturated rings. The van der Waals surface area contributed by atoms with E-state index in [1.165, 1.54) is 12.4 Å². The van der Waals surface area contributed by atoms with Crippen LogP contribution < -0.4 is 4.72 Å². The van der Waals surface area contributed by atoms with Gasteiger partial charge in [-0.3, -0.25) is 9.71 Å². The van der Waals surface area contributed by atoms with Gasteiger partial charge in [-0.05, 0) is 12.5 Å². The highest BCUT2D eigenvalue weighted by Crippen LogP contribution is 2.22. The van der Waals surface area contributed by atoms with E-state index < -0.39 is 10.0 Å². The Balaban J connectivity index is 3.05. The van der Waals surface area contributed by atoms with Crippen LogP contribution in [0.2, 0.25) is 5.02 Å². The number of alkyl halides is 1. The van der Waals surface area contributed by atoms with Crippen molar-refractivity contribution in [2.45, 2.75) is 6.92 Å². The lowest BCUT2D eigenvalue weighted by Crippen LogP contribution is -2.14. The van der Waals surface area contributed by atoms with Gasteiger partial charge in [0, 0.05) is 6.20 Å². The summed E-state index contributed by atoms with van der Waals surface area (Å²) < 4.78 is 24.6. The van der Waals surface area contributed by atoms with Gasteiger partial charge < -0.3 is 0 Å². The molecule has 14 heavy (non-hydrogen) atoms. The number of hydrogen-bond acceptors (Lipinski definition) is 3. The second-order valence-corrected chi connectivity index (χ2v) is 6.05. The fourth-order valence-corrected chi connectivity index (χ4v) is 1.89. The molecule has 0 aromatic carbocycles. The molecule has 4 nitrogen and oxygen atoms in total. The molecule has 0 radical (unpaired) electrons. The average Bonchev–Trinajstić information content (AvgIpc) is 2.13. The molecule has 0 spiro atoms. The van der Waals surface area contributed by atoms with Crippen molar-refractivity contribution >= 4 is 43.2 Å². The van der Waals surface area contributed by atoms with E-state index in [-0.39, 0.29) is 4.66 Å². The quantitative estimate of drug-likeness (QED) is 0.870. The van der Waals surface area contributed by atoms with Crippen LogP contribution in [0.15, 0.2) is 12.4 Å². The molecular formula is C7H8BrClN2O2S. The Morgan fingerprint density at radius 2 is 2.21 bits per heavy atom. The summed E-state index contributed by atoms with van der Waals surface area (Å²) in [4.78, 5) is 3.79. The lowest BCUT2D eigenvalue weighted by molar-refractivity contribution is 0.606. The van der Waals surface area contributed by atoms with E-state index in [0.29, 0.717) is 16.3 Å². The third-order valence-electron chi connectivity index (χ3n) is 1.56. The van der Waals surface area contributed by atoms with Crippen molar-refractivity contribution in [3.05, 3.63) is 23.0 Å². The first-order valence-electron chi connectivity index (χ1n) is 3.63. The summed E-state index contributed by atoms with van der Waals surface area (Å²) in [7, 11) is -3.34. The van der Waals surface area contributed by atoms with E-state index in [1.807, 2.05) is 0 Å². The van der Waals surface area contributed by atoms with Crippen LogP contribution in [-0.4, -0.2) is 18.1 Å². The molecule has 1 heterocycles. The minimum absolute atomic E-state index is 0.161. The highest BCUT2D eigenvalue weighted by molar-refractivity contribution is 9.10. The van der Waals surface area contributed by atoms with Gasteiger partial charge in [-0.25, -0.2) is 8.42 Å². The van der Waals surface area contributed by atoms with Crippen LogP contribution in [0.5, 0.6) is 0 Å². The lowest BCUT2D eigenvalue weighted by Gasteiger charge is -2.08. The second kappa shape index (κ2) is 4.46. The van der Waals surface area contributed by atoms with Gasteiger partial charge in [-0.1, -0.05) is 27.5 Å². The first kappa shape index (κ1) is 11.7. The molecule has 0 saturated carbocycles. The average molecular weight is 300 g/mol. The van der Waals surface area contributed by atoms with Crippen LogP contribution in [0.25, 0.3) is 0 Å². The maximum absolute atomic E-state index is 11.2. The Hall–Kier alpha value is -0.330. The molecular weight excluding hydrogens is 292 g/mol. The normalized spacial score (nSPS) is 11.4. The summed E-state index contributed by atoms with van der Waals surface area (Å²) in [5, 5.41) is 0.430. The second-order valence-electron chi connectivity index (χ2n) is 2.62. The van der Waals surface area contributed by atoms with E-state index in [0.717, 1.165) is 0 Å². The summed E-state index contributed by atoms with van der Waals surface area (Å²) in [6.07, 6.45) is 2.88. The summed E-state index contributed by atoms with van der Waals surface area (Å²) in [5.74, 6) is 0. The highest BCUT2D eigenvalue weighted by Gasteiger charge is 2.10. The molecule has 1 aromatic heterocycles. The fraction of sp³-hybridized carbons (Fsp3) is 0.286. The molecule has 1 aromatic rings. The molecule has 1 rings (SSSR count). The Morgan fingerprint density at radius 1 is 1.57 bits per heavy atom. The summed E-state index contributed by atoms with van der Waals surface area (Å²) >= 11 is 8.64. The standard InChI is InChI=1S/C7H8BrClN2O2S/c1-5-6(9)2-10-3-7(5)11-14(12,13)4-8/h2-3,11H,4H2,1H3. The zero-order valence-corrected chi connectivity index (χ0v) is 10.4.